The fourth-order valence-electron chi connectivity index (χ4n) is 3.40. The van der Waals surface area contributed by atoms with Gasteiger partial charge in [-0.15, -0.1) is 0 Å². The zero-order chi connectivity index (χ0) is 11.5. The highest BCUT2D eigenvalue weighted by molar-refractivity contribution is 4.93. The minimum atomic E-state index is 0.817. The Morgan fingerprint density at radius 2 is 2.00 bits per heavy atom. The maximum atomic E-state index is 3.36. The molecule has 2 fully saturated rings. The van der Waals surface area contributed by atoms with Crippen molar-refractivity contribution in [1.29, 1.82) is 0 Å². The molecule has 1 aliphatic heterocycles. The number of likely N-dealkylation sites (N-methyl/N-ethyl adjacent to an activating group) is 1. The van der Waals surface area contributed by atoms with Crippen LogP contribution in [0.2, 0.25) is 0 Å². The number of piperidine rings is 1. The van der Waals surface area contributed by atoms with Crippen LogP contribution in [0, 0.1) is 11.8 Å². The molecule has 0 aromatic carbocycles. The van der Waals surface area contributed by atoms with Gasteiger partial charge in [-0.2, -0.15) is 0 Å². The molecule has 1 unspecified atom stereocenters. The Kier molecular flexibility index (Phi) is 4.26. The van der Waals surface area contributed by atoms with Gasteiger partial charge in [-0.1, -0.05) is 20.3 Å². The standard InChI is InChI=1S/C14H28N2/c1-11(2)12-8-14(9-12)16-7-5-4-6-13(16)10-15-3/h11-15H,4-10H2,1-3H3. The molecule has 0 amide bonds. The van der Waals surface area contributed by atoms with Gasteiger partial charge in [-0.05, 0) is 51.1 Å². The van der Waals surface area contributed by atoms with Crippen LogP contribution < -0.4 is 5.32 Å². The van der Waals surface area contributed by atoms with E-state index in [0.717, 1.165) is 23.9 Å². The van der Waals surface area contributed by atoms with Crippen LogP contribution in [0.5, 0.6) is 0 Å². The summed E-state index contributed by atoms with van der Waals surface area (Å²) < 4.78 is 0. The van der Waals surface area contributed by atoms with E-state index >= 15 is 0 Å². The highest BCUT2D eigenvalue weighted by atomic mass is 15.2. The molecule has 1 aliphatic carbocycles. The highest BCUT2D eigenvalue weighted by Crippen LogP contribution is 2.39. The Balaban J connectivity index is 1.83. The molecule has 0 spiro atoms. The van der Waals surface area contributed by atoms with Gasteiger partial charge in [0.15, 0.2) is 0 Å². The first-order valence-electron chi connectivity index (χ1n) is 7.12. The average Bonchev–Trinajstić information content (AvgIpc) is 2.18. The quantitative estimate of drug-likeness (QED) is 0.789. The van der Waals surface area contributed by atoms with Crippen molar-refractivity contribution < 1.29 is 0 Å². The molecule has 2 heteroatoms. The van der Waals surface area contributed by atoms with E-state index in [9.17, 15) is 0 Å². The SMILES string of the molecule is CNCC1CCCCN1C1CC(C(C)C)C1. The number of hydrogen-bond acceptors (Lipinski definition) is 2. The summed E-state index contributed by atoms with van der Waals surface area (Å²) in [6.07, 6.45) is 7.17. The minimum absolute atomic E-state index is 0.817. The normalized spacial score (nSPS) is 36.4. The predicted octanol–water partition coefficient (Wildman–Crippen LogP) is 2.49. The van der Waals surface area contributed by atoms with Crippen molar-refractivity contribution in [2.24, 2.45) is 11.8 Å². The molecule has 1 heterocycles. The van der Waals surface area contributed by atoms with Crippen LogP contribution in [0.1, 0.15) is 46.0 Å². The van der Waals surface area contributed by atoms with E-state index < -0.39 is 0 Å². The van der Waals surface area contributed by atoms with Crippen molar-refractivity contribution >= 4 is 0 Å². The molecule has 0 radical (unpaired) electrons. The van der Waals surface area contributed by atoms with Gasteiger partial charge in [0.1, 0.15) is 0 Å². The average molecular weight is 224 g/mol. The van der Waals surface area contributed by atoms with E-state index in [0.29, 0.717) is 0 Å². The molecule has 0 aromatic rings. The Bertz CT molecular complexity index is 207. The zero-order valence-corrected chi connectivity index (χ0v) is 11.2. The monoisotopic (exact) mass is 224 g/mol. The number of hydrogen-bond donors (Lipinski definition) is 1. The third kappa shape index (κ3) is 2.60. The molecule has 0 bridgehead atoms. The highest BCUT2D eigenvalue weighted by Gasteiger charge is 2.38. The summed E-state index contributed by atoms with van der Waals surface area (Å²) in [5.41, 5.74) is 0. The van der Waals surface area contributed by atoms with Crippen molar-refractivity contribution in [2.45, 2.75) is 58.0 Å². The lowest BCUT2D eigenvalue weighted by molar-refractivity contribution is 0.00740. The van der Waals surface area contributed by atoms with Gasteiger partial charge >= 0.3 is 0 Å². The molecule has 1 saturated heterocycles. The molecule has 2 nitrogen and oxygen atoms in total. The summed E-state index contributed by atoms with van der Waals surface area (Å²) >= 11 is 0. The van der Waals surface area contributed by atoms with E-state index in [1.165, 1.54) is 45.2 Å². The van der Waals surface area contributed by atoms with Crippen LogP contribution in [0.3, 0.4) is 0 Å². The summed E-state index contributed by atoms with van der Waals surface area (Å²) in [4.78, 5) is 2.80. The topological polar surface area (TPSA) is 15.3 Å². The number of rotatable bonds is 4. The first-order valence-corrected chi connectivity index (χ1v) is 7.12. The van der Waals surface area contributed by atoms with Crippen molar-refractivity contribution in [1.82, 2.24) is 10.2 Å². The summed E-state index contributed by atoms with van der Waals surface area (Å²) in [6.45, 7) is 7.29. The van der Waals surface area contributed by atoms with Gasteiger partial charge in [0.2, 0.25) is 0 Å². The summed E-state index contributed by atoms with van der Waals surface area (Å²) in [5, 5.41) is 3.36. The second-order valence-electron chi connectivity index (χ2n) is 6.07. The predicted molar refractivity (Wildman–Crippen MR) is 69.6 cm³/mol. The van der Waals surface area contributed by atoms with Crippen LogP contribution in [0.4, 0.5) is 0 Å². The zero-order valence-electron chi connectivity index (χ0n) is 11.2. The molecule has 2 rings (SSSR count). The fraction of sp³-hybridized carbons (Fsp3) is 1.00. The Morgan fingerprint density at radius 3 is 2.62 bits per heavy atom. The lowest BCUT2D eigenvalue weighted by Crippen LogP contribution is -2.55. The fourth-order valence-corrected chi connectivity index (χ4v) is 3.40. The van der Waals surface area contributed by atoms with Gasteiger partial charge in [0.05, 0.1) is 0 Å². The Labute approximate surface area is 101 Å². The molecule has 1 atom stereocenters. The molecule has 94 valence electrons. The van der Waals surface area contributed by atoms with E-state index in [1.807, 2.05) is 0 Å². The van der Waals surface area contributed by atoms with Crippen LogP contribution in [-0.2, 0) is 0 Å². The molecule has 2 aliphatic rings. The van der Waals surface area contributed by atoms with Gasteiger partial charge in [-0.25, -0.2) is 0 Å². The lowest BCUT2D eigenvalue weighted by Gasteiger charge is -2.49. The third-order valence-electron chi connectivity index (χ3n) is 4.67. The van der Waals surface area contributed by atoms with Crippen LogP contribution >= 0.6 is 0 Å². The molecular weight excluding hydrogens is 196 g/mol. The van der Waals surface area contributed by atoms with Crippen molar-refractivity contribution in [3.63, 3.8) is 0 Å². The van der Waals surface area contributed by atoms with Gasteiger partial charge in [0.25, 0.3) is 0 Å². The molecule has 16 heavy (non-hydrogen) atoms. The maximum absolute atomic E-state index is 3.36. The van der Waals surface area contributed by atoms with Gasteiger partial charge in [0, 0.05) is 18.6 Å². The minimum Gasteiger partial charge on any atom is -0.318 e. The van der Waals surface area contributed by atoms with Crippen molar-refractivity contribution in [3.05, 3.63) is 0 Å². The van der Waals surface area contributed by atoms with E-state index in [4.69, 9.17) is 0 Å². The second kappa shape index (κ2) is 5.50. The second-order valence-corrected chi connectivity index (χ2v) is 6.07. The van der Waals surface area contributed by atoms with Gasteiger partial charge in [-0.3, -0.25) is 4.90 Å². The third-order valence-corrected chi connectivity index (χ3v) is 4.67. The largest absolute Gasteiger partial charge is 0.318 e. The van der Waals surface area contributed by atoms with E-state index in [1.54, 1.807) is 0 Å². The molecule has 1 saturated carbocycles. The lowest BCUT2D eigenvalue weighted by atomic mass is 9.72. The summed E-state index contributed by atoms with van der Waals surface area (Å²) in [5.74, 6) is 1.89. The first-order chi connectivity index (χ1) is 7.72. The number of nitrogens with one attached hydrogen (secondary N) is 1. The van der Waals surface area contributed by atoms with Crippen molar-refractivity contribution in [3.8, 4) is 0 Å². The molecule has 1 N–H and O–H groups in total. The maximum Gasteiger partial charge on any atom is 0.0223 e. The number of nitrogens with zero attached hydrogens (tertiary/aromatic N) is 1. The Morgan fingerprint density at radius 1 is 1.25 bits per heavy atom. The molecule has 0 aromatic heterocycles. The smallest absolute Gasteiger partial charge is 0.0223 e. The molecular formula is C14H28N2. The summed E-state index contributed by atoms with van der Waals surface area (Å²) in [6, 6.07) is 1.72. The Hall–Kier alpha value is -0.0800. The van der Waals surface area contributed by atoms with Crippen LogP contribution in [-0.4, -0.2) is 37.1 Å². The van der Waals surface area contributed by atoms with Crippen molar-refractivity contribution in [2.75, 3.05) is 20.1 Å². The summed E-state index contributed by atoms with van der Waals surface area (Å²) in [7, 11) is 2.09. The van der Waals surface area contributed by atoms with Crippen LogP contribution in [0.15, 0.2) is 0 Å². The van der Waals surface area contributed by atoms with E-state index in [2.05, 4.69) is 31.1 Å². The van der Waals surface area contributed by atoms with Crippen LogP contribution in [0.25, 0.3) is 0 Å². The van der Waals surface area contributed by atoms with Gasteiger partial charge < -0.3 is 5.32 Å². The first kappa shape index (κ1) is 12.4. The number of likely N-dealkylation sites (tertiary alicyclic amines) is 1. The van der Waals surface area contributed by atoms with E-state index in [-0.39, 0.29) is 0 Å².